The van der Waals surface area contributed by atoms with Crippen molar-refractivity contribution in [2.75, 3.05) is 13.2 Å². The van der Waals surface area contributed by atoms with E-state index in [0.29, 0.717) is 11.5 Å². The highest BCUT2D eigenvalue weighted by Crippen LogP contribution is 2.21. The zero-order valence-corrected chi connectivity index (χ0v) is 11.6. The Morgan fingerprint density at radius 3 is 3.21 bits per heavy atom. The number of hydrogen-bond donors (Lipinski definition) is 1. The molecule has 0 aromatic carbocycles. The number of aliphatic hydroxyl groups excluding tert-OH is 1. The zero-order valence-electron chi connectivity index (χ0n) is 10.7. The van der Waals surface area contributed by atoms with E-state index in [4.69, 9.17) is 0 Å². The Hall–Kier alpha value is -1.31. The van der Waals surface area contributed by atoms with Gasteiger partial charge in [0.1, 0.15) is 5.01 Å². The number of aliphatic hydroxyl groups is 1. The van der Waals surface area contributed by atoms with Crippen LogP contribution in [-0.2, 0) is 6.54 Å². The third-order valence-corrected chi connectivity index (χ3v) is 4.36. The molecule has 1 N–H and O–H groups in total. The first-order chi connectivity index (χ1) is 9.17. The van der Waals surface area contributed by atoms with Gasteiger partial charge < -0.3 is 5.11 Å². The number of fused-ring (bicyclic) bond motifs is 1. The van der Waals surface area contributed by atoms with Crippen molar-refractivity contribution < 1.29 is 5.11 Å². The summed E-state index contributed by atoms with van der Waals surface area (Å²) in [6.07, 6.45) is 2.13. The van der Waals surface area contributed by atoms with Crippen molar-refractivity contribution in [3.05, 3.63) is 27.1 Å². The van der Waals surface area contributed by atoms with E-state index < -0.39 is 0 Å². The van der Waals surface area contributed by atoms with Crippen molar-refractivity contribution >= 4 is 16.3 Å². The van der Waals surface area contributed by atoms with E-state index in [-0.39, 0.29) is 18.2 Å². The molecule has 3 rings (SSSR count). The van der Waals surface area contributed by atoms with E-state index in [1.54, 1.807) is 0 Å². The van der Waals surface area contributed by atoms with Crippen LogP contribution in [0, 0.1) is 6.92 Å². The number of likely N-dealkylation sites (tertiary alicyclic amines) is 1. The Morgan fingerprint density at radius 2 is 2.42 bits per heavy atom. The molecule has 1 aliphatic rings. The van der Waals surface area contributed by atoms with Crippen LogP contribution >= 0.6 is 11.3 Å². The summed E-state index contributed by atoms with van der Waals surface area (Å²) in [5.74, 6) is 0. The maximum absolute atomic E-state index is 11.8. The quantitative estimate of drug-likeness (QED) is 0.882. The zero-order chi connectivity index (χ0) is 13.4. The second-order valence-corrected chi connectivity index (χ2v) is 5.92. The van der Waals surface area contributed by atoms with E-state index in [0.717, 1.165) is 30.1 Å². The average molecular weight is 280 g/mol. The lowest BCUT2D eigenvalue weighted by Crippen LogP contribution is -2.31. The second-order valence-electron chi connectivity index (χ2n) is 4.88. The van der Waals surface area contributed by atoms with Gasteiger partial charge in [0.15, 0.2) is 0 Å². The van der Waals surface area contributed by atoms with Gasteiger partial charge in [-0.3, -0.25) is 9.69 Å². The Bertz CT molecular complexity index is 651. The molecular weight excluding hydrogens is 264 g/mol. The molecule has 19 heavy (non-hydrogen) atoms. The number of aromatic nitrogens is 3. The maximum atomic E-state index is 11.8. The normalized spacial score (nSPS) is 20.4. The lowest BCUT2D eigenvalue weighted by molar-refractivity contribution is 0.153. The fourth-order valence-electron chi connectivity index (χ4n) is 2.51. The Kier molecular flexibility index (Phi) is 3.34. The topological polar surface area (TPSA) is 70.7 Å². The number of nitrogens with zero attached hydrogens (tertiary/aromatic N) is 4. The molecule has 0 spiro atoms. The molecule has 2 aromatic heterocycles. The average Bonchev–Trinajstić information content (AvgIpc) is 2.95. The lowest BCUT2D eigenvalue weighted by Gasteiger charge is -2.20. The minimum Gasteiger partial charge on any atom is -0.395 e. The fraction of sp³-hybridized carbons (Fsp3) is 0.583. The minimum atomic E-state index is -0.134. The first-order valence-corrected chi connectivity index (χ1v) is 7.20. The van der Waals surface area contributed by atoms with Crippen molar-refractivity contribution in [2.24, 2.45) is 0 Å². The monoisotopic (exact) mass is 280 g/mol. The van der Waals surface area contributed by atoms with Gasteiger partial charge in [-0.25, -0.2) is 4.98 Å². The second kappa shape index (κ2) is 4.99. The van der Waals surface area contributed by atoms with E-state index in [9.17, 15) is 9.90 Å². The van der Waals surface area contributed by atoms with Crippen LogP contribution in [0.25, 0.3) is 4.96 Å². The minimum absolute atomic E-state index is 0.134. The summed E-state index contributed by atoms with van der Waals surface area (Å²) in [5, 5.41) is 14.5. The largest absolute Gasteiger partial charge is 0.395 e. The van der Waals surface area contributed by atoms with Crippen molar-refractivity contribution in [3.8, 4) is 0 Å². The molecule has 2 aromatic rings. The predicted molar refractivity (Wildman–Crippen MR) is 72.4 cm³/mol. The first kappa shape index (κ1) is 12.7. The van der Waals surface area contributed by atoms with Crippen LogP contribution in [0.4, 0.5) is 0 Å². The Labute approximate surface area is 114 Å². The molecule has 1 unspecified atom stereocenters. The summed E-state index contributed by atoms with van der Waals surface area (Å²) in [6.45, 7) is 3.64. The van der Waals surface area contributed by atoms with E-state index in [1.165, 1.54) is 21.9 Å². The third kappa shape index (κ3) is 2.41. The molecule has 1 atom stereocenters. The molecule has 1 aliphatic heterocycles. The summed E-state index contributed by atoms with van der Waals surface area (Å²) < 4.78 is 1.36. The molecule has 0 bridgehead atoms. The molecule has 7 heteroatoms. The Morgan fingerprint density at radius 1 is 1.58 bits per heavy atom. The fourth-order valence-corrected chi connectivity index (χ4v) is 3.48. The van der Waals surface area contributed by atoms with Gasteiger partial charge in [0.2, 0.25) is 4.96 Å². The highest BCUT2D eigenvalue weighted by Gasteiger charge is 2.24. The van der Waals surface area contributed by atoms with Gasteiger partial charge in [-0.15, -0.1) is 0 Å². The summed E-state index contributed by atoms with van der Waals surface area (Å²) in [5.41, 5.74) is 0.583. The highest BCUT2D eigenvalue weighted by atomic mass is 32.1. The standard InChI is InChI=1S/C12H16N4O2S/c1-8-5-11(18)16-12(13-8)19-10(14-16)6-15-4-2-3-9(15)7-17/h5,9,17H,2-4,6-7H2,1H3. The molecule has 1 fully saturated rings. The smallest absolute Gasteiger partial charge is 0.275 e. The van der Waals surface area contributed by atoms with Crippen LogP contribution in [0.3, 0.4) is 0 Å². The molecule has 0 aliphatic carbocycles. The van der Waals surface area contributed by atoms with Gasteiger partial charge in [0.05, 0.1) is 13.2 Å². The highest BCUT2D eigenvalue weighted by molar-refractivity contribution is 7.16. The van der Waals surface area contributed by atoms with Crippen molar-refractivity contribution in [2.45, 2.75) is 32.4 Å². The first-order valence-electron chi connectivity index (χ1n) is 6.38. The van der Waals surface area contributed by atoms with Crippen molar-refractivity contribution in [3.63, 3.8) is 0 Å². The van der Waals surface area contributed by atoms with Gasteiger partial charge in [-0.2, -0.15) is 9.61 Å². The van der Waals surface area contributed by atoms with Crippen molar-refractivity contribution in [1.82, 2.24) is 19.5 Å². The lowest BCUT2D eigenvalue weighted by atomic mass is 10.2. The van der Waals surface area contributed by atoms with Gasteiger partial charge in [0.25, 0.3) is 5.56 Å². The maximum Gasteiger partial charge on any atom is 0.275 e. The SMILES string of the molecule is Cc1cc(=O)n2nc(CN3CCCC3CO)sc2n1. The summed E-state index contributed by atoms with van der Waals surface area (Å²) >= 11 is 1.44. The van der Waals surface area contributed by atoms with Crippen LogP contribution in [0.5, 0.6) is 0 Å². The molecule has 3 heterocycles. The summed E-state index contributed by atoms with van der Waals surface area (Å²) in [6, 6.07) is 1.71. The molecule has 0 amide bonds. The van der Waals surface area contributed by atoms with Crippen LogP contribution in [-0.4, -0.2) is 43.8 Å². The van der Waals surface area contributed by atoms with Gasteiger partial charge in [0, 0.05) is 17.8 Å². The van der Waals surface area contributed by atoms with E-state index in [1.807, 2.05) is 6.92 Å². The molecule has 102 valence electrons. The van der Waals surface area contributed by atoms with Gasteiger partial charge >= 0.3 is 0 Å². The predicted octanol–water partition coefficient (Wildman–Crippen LogP) is 0.416. The molecular formula is C12H16N4O2S. The number of hydrogen-bond acceptors (Lipinski definition) is 6. The van der Waals surface area contributed by atoms with E-state index in [2.05, 4.69) is 15.0 Å². The molecule has 6 nitrogen and oxygen atoms in total. The molecule has 0 radical (unpaired) electrons. The molecule has 1 saturated heterocycles. The summed E-state index contributed by atoms with van der Waals surface area (Å²) in [7, 11) is 0. The van der Waals surface area contributed by atoms with Crippen molar-refractivity contribution in [1.29, 1.82) is 0 Å². The van der Waals surface area contributed by atoms with Crippen LogP contribution in [0.1, 0.15) is 23.5 Å². The van der Waals surface area contributed by atoms with Gasteiger partial charge in [-0.05, 0) is 26.3 Å². The summed E-state index contributed by atoms with van der Waals surface area (Å²) in [4.78, 5) is 19.0. The number of rotatable bonds is 3. The van der Waals surface area contributed by atoms with Crippen LogP contribution < -0.4 is 5.56 Å². The number of aryl methyl sites for hydroxylation is 1. The molecule has 0 saturated carbocycles. The third-order valence-electron chi connectivity index (χ3n) is 3.46. The van der Waals surface area contributed by atoms with Crippen LogP contribution in [0.2, 0.25) is 0 Å². The Balaban J connectivity index is 1.89. The van der Waals surface area contributed by atoms with Crippen LogP contribution in [0.15, 0.2) is 10.9 Å². The van der Waals surface area contributed by atoms with E-state index >= 15 is 0 Å². The van der Waals surface area contributed by atoms with Gasteiger partial charge in [-0.1, -0.05) is 11.3 Å².